The number of aromatic nitrogens is 3. The van der Waals surface area contributed by atoms with Crippen molar-refractivity contribution in [3.63, 3.8) is 0 Å². The maximum Gasteiger partial charge on any atom is 0.250 e. The van der Waals surface area contributed by atoms with Crippen LogP contribution >= 0.6 is 0 Å². The second-order valence-electron chi connectivity index (χ2n) is 7.81. The predicted octanol–water partition coefficient (Wildman–Crippen LogP) is 4.32. The van der Waals surface area contributed by atoms with Gasteiger partial charge in [0.2, 0.25) is 11.9 Å². The molecule has 0 aliphatic rings. The number of hydrogen-bond acceptors (Lipinski definition) is 6. The van der Waals surface area contributed by atoms with Crippen molar-refractivity contribution >= 4 is 17.5 Å². The highest BCUT2D eigenvalue weighted by atomic mass is 16.5. The van der Waals surface area contributed by atoms with Crippen LogP contribution in [0.2, 0.25) is 0 Å². The van der Waals surface area contributed by atoms with Crippen LogP contribution in [0.1, 0.15) is 30.6 Å². The van der Waals surface area contributed by atoms with Gasteiger partial charge in [-0.2, -0.15) is 9.67 Å². The number of rotatable bonds is 8. The van der Waals surface area contributed by atoms with E-state index < -0.39 is 0 Å². The Morgan fingerprint density at radius 1 is 1.10 bits per heavy atom. The summed E-state index contributed by atoms with van der Waals surface area (Å²) < 4.78 is 6.59. The van der Waals surface area contributed by atoms with Gasteiger partial charge in [-0.05, 0) is 47.9 Å². The zero-order valence-electron chi connectivity index (χ0n) is 18.2. The minimum Gasteiger partial charge on any atom is -0.497 e. The van der Waals surface area contributed by atoms with Crippen LogP contribution in [-0.4, -0.2) is 41.9 Å². The standard InChI is InChI=1S/C23H29N5O2/c1-16(2)14-21(29)28-23(24-15-17-6-10-19(11-7-17)27(3)4)25-22(26-28)18-8-12-20(30-5)13-9-18/h6-13,16H,14-15H2,1-5H3,(H,24,25,26). The van der Waals surface area contributed by atoms with Crippen molar-refractivity contribution in [1.82, 2.24) is 14.8 Å². The van der Waals surface area contributed by atoms with Crippen molar-refractivity contribution in [2.75, 3.05) is 31.4 Å². The average molecular weight is 408 g/mol. The van der Waals surface area contributed by atoms with Gasteiger partial charge in [-0.1, -0.05) is 26.0 Å². The van der Waals surface area contributed by atoms with E-state index in [1.165, 1.54) is 4.68 Å². The number of carbonyl (C=O) groups excluding carboxylic acids is 1. The molecule has 0 aliphatic carbocycles. The molecule has 1 N–H and O–H groups in total. The number of nitrogens with one attached hydrogen (secondary N) is 1. The van der Waals surface area contributed by atoms with Gasteiger partial charge in [0, 0.05) is 38.3 Å². The Kier molecular flexibility index (Phi) is 6.72. The number of ether oxygens (including phenoxy) is 1. The van der Waals surface area contributed by atoms with Crippen LogP contribution in [-0.2, 0) is 6.54 Å². The van der Waals surface area contributed by atoms with E-state index in [1.54, 1.807) is 7.11 Å². The molecule has 7 heteroatoms. The summed E-state index contributed by atoms with van der Waals surface area (Å²) in [4.78, 5) is 19.4. The number of methoxy groups -OCH3 is 1. The second kappa shape index (κ2) is 9.43. The molecule has 0 saturated carbocycles. The van der Waals surface area contributed by atoms with E-state index in [2.05, 4.69) is 44.6 Å². The molecule has 0 spiro atoms. The van der Waals surface area contributed by atoms with Crippen LogP contribution < -0.4 is 15.0 Å². The van der Waals surface area contributed by atoms with Gasteiger partial charge in [0.05, 0.1) is 7.11 Å². The second-order valence-corrected chi connectivity index (χ2v) is 7.81. The van der Waals surface area contributed by atoms with Crippen molar-refractivity contribution in [3.05, 3.63) is 54.1 Å². The number of hydrogen-bond donors (Lipinski definition) is 1. The molecule has 0 fully saturated rings. The Hall–Kier alpha value is -3.35. The van der Waals surface area contributed by atoms with Gasteiger partial charge in [-0.25, -0.2) is 0 Å². The van der Waals surface area contributed by atoms with E-state index in [0.29, 0.717) is 24.7 Å². The third-order valence-electron chi connectivity index (χ3n) is 4.68. The van der Waals surface area contributed by atoms with Crippen LogP contribution in [0.5, 0.6) is 5.75 Å². The third kappa shape index (κ3) is 5.17. The van der Waals surface area contributed by atoms with Crippen molar-refractivity contribution < 1.29 is 9.53 Å². The molecule has 0 amide bonds. The smallest absolute Gasteiger partial charge is 0.250 e. The summed E-state index contributed by atoms with van der Waals surface area (Å²) in [7, 11) is 5.65. The van der Waals surface area contributed by atoms with E-state index >= 15 is 0 Å². The maximum absolute atomic E-state index is 12.7. The van der Waals surface area contributed by atoms with Crippen molar-refractivity contribution in [2.24, 2.45) is 5.92 Å². The zero-order valence-corrected chi connectivity index (χ0v) is 18.2. The molecule has 3 rings (SSSR count). The molecular formula is C23H29N5O2. The van der Waals surface area contributed by atoms with E-state index in [4.69, 9.17) is 4.74 Å². The van der Waals surface area contributed by atoms with Crippen LogP contribution in [0.25, 0.3) is 11.4 Å². The first-order chi connectivity index (χ1) is 14.4. The molecule has 158 valence electrons. The Bertz CT molecular complexity index is 976. The quantitative estimate of drug-likeness (QED) is 0.600. The fourth-order valence-corrected chi connectivity index (χ4v) is 2.99. The number of nitrogens with zero attached hydrogens (tertiary/aromatic N) is 4. The van der Waals surface area contributed by atoms with Gasteiger partial charge in [0.25, 0.3) is 0 Å². The van der Waals surface area contributed by atoms with Crippen molar-refractivity contribution in [3.8, 4) is 17.1 Å². The molecule has 0 atom stereocenters. The minimum absolute atomic E-state index is 0.0808. The zero-order chi connectivity index (χ0) is 21.7. The first-order valence-corrected chi connectivity index (χ1v) is 10.0. The van der Waals surface area contributed by atoms with Gasteiger partial charge >= 0.3 is 0 Å². The van der Waals surface area contributed by atoms with E-state index in [-0.39, 0.29) is 11.8 Å². The number of anilines is 2. The van der Waals surface area contributed by atoms with Gasteiger partial charge in [0.15, 0.2) is 5.82 Å². The molecule has 30 heavy (non-hydrogen) atoms. The lowest BCUT2D eigenvalue weighted by molar-refractivity contribution is 0.0873. The molecule has 2 aromatic carbocycles. The fourth-order valence-electron chi connectivity index (χ4n) is 2.99. The predicted molar refractivity (Wildman–Crippen MR) is 120 cm³/mol. The van der Waals surface area contributed by atoms with E-state index in [9.17, 15) is 4.79 Å². The SMILES string of the molecule is COc1ccc(-c2nc(NCc3ccc(N(C)C)cc3)n(C(=O)CC(C)C)n2)cc1. The summed E-state index contributed by atoms with van der Waals surface area (Å²) in [5, 5.41) is 7.76. The van der Waals surface area contributed by atoms with Crippen LogP contribution in [0.3, 0.4) is 0 Å². The minimum atomic E-state index is -0.0808. The van der Waals surface area contributed by atoms with Gasteiger partial charge < -0.3 is 15.0 Å². The van der Waals surface area contributed by atoms with Crippen LogP contribution in [0.15, 0.2) is 48.5 Å². The van der Waals surface area contributed by atoms with Crippen LogP contribution in [0, 0.1) is 5.92 Å². The molecule has 1 aromatic heterocycles. The summed E-state index contributed by atoms with van der Waals surface area (Å²) >= 11 is 0. The Labute approximate surface area is 177 Å². The lowest BCUT2D eigenvalue weighted by Crippen LogP contribution is -2.18. The van der Waals surface area contributed by atoms with E-state index in [0.717, 1.165) is 22.6 Å². The number of carbonyl (C=O) groups is 1. The average Bonchev–Trinajstić information content (AvgIpc) is 3.16. The highest BCUT2D eigenvalue weighted by Gasteiger charge is 2.18. The van der Waals surface area contributed by atoms with Gasteiger partial charge in [-0.3, -0.25) is 4.79 Å². The van der Waals surface area contributed by atoms with E-state index in [1.807, 2.05) is 52.2 Å². The topological polar surface area (TPSA) is 72.3 Å². The molecule has 0 unspecified atom stereocenters. The molecule has 0 radical (unpaired) electrons. The van der Waals surface area contributed by atoms with Crippen LogP contribution in [0.4, 0.5) is 11.6 Å². The molecule has 0 saturated heterocycles. The Balaban J connectivity index is 1.84. The highest BCUT2D eigenvalue weighted by Crippen LogP contribution is 2.22. The fraction of sp³-hybridized carbons (Fsp3) is 0.348. The molecule has 0 bridgehead atoms. The summed E-state index contributed by atoms with van der Waals surface area (Å²) in [5.74, 6) is 1.86. The largest absolute Gasteiger partial charge is 0.497 e. The number of benzene rings is 2. The molecule has 1 heterocycles. The van der Waals surface area contributed by atoms with Gasteiger partial charge in [0.1, 0.15) is 5.75 Å². The molecular weight excluding hydrogens is 378 g/mol. The Morgan fingerprint density at radius 2 is 1.77 bits per heavy atom. The molecule has 7 nitrogen and oxygen atoms in total. The first-order valence-electron chi connectivity index (χ1n) is 10.0. The third-order valence-corrected chi connectivity index (χ3v) is 4.68. The summed E-state index contributed by atoms with van der Waals surface area (Å²) in [6.07, 6.45) is 0.400. The summed E-state index contributed by atoms with van der Waals surface area (Å²) in [6.45, 7) is 4.57. The highest BCUT2D eigenvalue weighted by molar-refractivity contribution is 5.81. The lowest BCUT2D eigenvalue weighted by Gasteiger charge is -2.13. The lowest BCUT2D eigenvalue weighted by atomic mass is 10.1. The normalized spacial score (nSPS) is 10.9. The van der Waals surface area contributed by atoms with Crippen molar-refractivity contribution in [2.45, 2.75) is 26.8 Å². The summed E-state index contributed by atoms with van der Waals surface area (Å²) in [6, 6.07) is 15.7. The summed E-state index contributed by atoms with van der Waals surface area (Å²) in [5.41, 5.74) is 3.05. The first kappa shape index (κ1) is 21.4. The Morgan fingerprint density at radius 3 is 2.33 bits per heavy atom. The monoisotopic (exact) mass is 407 g/mol. The van der Waals surface area contributed by atoms with Gasteiger partial charge in [-0.15, -0.1) is 5.10 Å². The molecule has 0 aliphatic heterocycles. The maximum atomic E-state index is 12.7. The van der Waals surface area contributed by atoms with Crippen molar-refractivity contribution in [1.29, 1.82) is 0 Å². The molecule has 3 aromatic rings.